The van der Waals surface area contributed by atoms with Crippen LogP contribution in [0.15, 0.2) is 0 Å². The van der Waals surface area contributed by atoms with Crippen LogP contribution in [0.1, 0.15) is 33.1 Å². The molecule has 2 N–H and O–H groups in total. The number of nitrogens with zero attached hydrogens (tertiary/aromatic N) is 1. The predicted molar refractivity (Wildman–Crippen MR) is 59.4 cm³/mol. The molecule has 0 aromatic rings. The number of aliphatic hydroxyl groups excluding tert-OH is 1. The Kier molecular flexibility index (Phi) is 4.85. The molecule has 2 unspecified atom stereocenters. The zero-order valence-electron chi connectivity index (χ0n) is 9.66. The molecular weight excluding hydrogens is 176 g/mol. The summed E-state index contributed by atoms with van der Waals surface area (Å²) in [5.41, 5.74) is 0. The zero-order chi connectivity index (χ0) is 10.6. The SMILES string of the molecule is CC(O)CCNCC(C)N(C)C1CC1. The average Bonchev–Trinajstić information content (AvgIpc) is 2.93. The molecule has 0 heterocycles. The molecule has 1 fully saturated rings. The quantitative estimate of drug-likeness (QED) is 0.598. The predicted octanol–water partition coefficient (Wildman–Crippen LogP) is 0.830. The van der Waals surface area contributed by atoms with Crippen molar-refractivity contribution in [2.75, 3.05) is 20.1 Å². The fourth-order valence-electron chi connectivity index (χ4n) is 1.61. The third kappa shape index (κ3) is 4.40. The van der Waals surface area contributed by atoms with Gasteiger partial charge in [-0.2, -0.15) is 0 Å². The van der Waals surface area contributed by atoms with Gasteiger partial charge in [-0.25, -0.2) is 0 Å². The third-order valence-electron chi connectivity index (χ3n) is 3.00. The summed E-state index contributed by atoms with van der Waals surface area (Å²) in [7, 11) is 2.21. The first-order valence-corrected chi connectivity index (χ1v) is 5.72. The van der Waals surface area contributed by atoms with Crippen LogP contribution in [-0.2, 0) is 0 Å². The summed E-state index contributed by atoms with van der Waals surface area (Å²) in [6, 6.07) is 1.44. The van der Waals surface area contributed by atoms with Crippen LogP contribution >= 0.6 is 0 Å². The second-order valence-corrected chi connectivity index (χ2v) is 4.59. The molecule has 1 aliphatic carbocycles. The molecule has 0 aromatic carbocycles. The van der Waals surface area contributed by atoms with Gasteiger partial charge in [0.25, 0.3) is 0 Å². The van der Waals surface area contributed by atoms with Crippen molar-refractivity contribution in [1.29, 1.82) is 0 Å². The van der Waals surface area contributed by atoms with E-state index in [1.807, 2.05) is 6.92 Å². The van der Waals surface area contributed by atoms with Gasteiger partial charge in [0, 0.05) is 18.6 Å². The van der Waals surface area contributed by atoms with Gasteiger partial charge >= 0.3 is 0 Å². The van der Waals surface area contributed by atoms with E-state index >= 15 is 0 Å². The summed E-state index contributed by atoms with van der Waals surface area (Å²) in [5, 5.41) is 12.5. The standard InChI is InChI=1S/C11H24N2O/c1-9(13(3)11-4-5-11)8-12-7-6-10(2)14/h9-12,14H,4-8H2,1-3H3. The second-order valence-electron chi connectivity index (χ2n) is 4.59. The van der Waals surface area contributed by atoms with Gasteiger partial charge in [0.2, 0.25) is 0 Å². The van der Waals surface area contributed by atoms with Crippen molar-refractivity contribution in [2.24, 2.45) is 0 Å². The van der Waals surface area contributed by atoms with Gasteiger partial charge in [0.15, 0.2) is 0 Å². The molecule has 0 bridgehead atoms. The van der Waals surface area contributed by atoms with Gasteiger partial charge in [0.05, 0.1) is 6.10 Å². The highest BCUT2D eigenvalue weighted by molar-refractivity contribution is 4.85. The van der Waals surface area contributed by atoms with E-state index in [-0.39, 0.29) is 6.10 Å². The summed E-state index contributed by atoms with van der Waals surface area (Å²) in [6.07, 6.45) is 3.40. The van der Waals surface area contributed by atoms with Crippen molar-refractivity contribution in [1.82, 2.24) is 10.2 Å². The molecule has 84 valence electrons. The lowest BCUT2D eigenvalue weighted by molar-refractivity contribution is 0.180. The minimum absolute atomic E-state index is 0.182. The van der Waals surface area contributed by atoms with Crippen molar-refractivity contribution in [3.05, 3.63) is 0 Å². The molecule has 1 saturated carbocycles. The lowest BCUT2D eigenvalue weighted by Crippen LogP contribution is -2.39. The first kappa shape index (κ1) is 12.0. The van der Waals surface area contributed by atoms with Gasteiger partial charge in [-0.05, 0) is 46.7 Å². The monoisotopic (exact) mass is 200 g/mol. The van der Waals surface area contributed by atoms with Gasteiger partial charge < -0.3 is 10.4 Å². The van der Waals surface area contributed by atoms with E-state index < -0.39 is 0 Å². The van der Waals surface area contributed by atoms with E-state index in [2.05, 4.69) is 24.2 Å². The molecule has 0 amide bonds. The summed E-state index contributed by atoms with van der Waals surface area (Å²) in [6.45, 7) is 6.04. The minimum atomic E-state index is -0.182. The van der Waals surface area contributed by atoms with E-state index in [1.165, 1.54) is 12.8 Å². The Morgan fingerprint density at radius 3 is 2.57 bits per heavy atom. The Balaban J connectivity index is 1.99. The van der Waals surface area contributed by atoms with Gasteiger partial charge in [-0.15, -0.1) is 0 Å². The van der Waals surface area contributed by atoms with Crippen LogP contribution in [0.25, 0.3) is 0 Å². The fraction of sp³-hybridized carbons (Fsp3) is 1.00. The molecule has 14 heavy (non-hydrogen) atoms. The Hall–Kier alpha value is -0.120. The largest absolute Gasteiger partial charge is 0.393 e. The zero-order valence-corrected chi connectivity index (χ0v) is 9.66. The smallest absolute Gasteiger partial charge is 0.0524 e. The Morgan fingerprint density at radius 2 is 2.07 bits per heavy atom. The number of aliphatic hydroxyl groups is 1. The lowest BCUT2D eigenvalue weighted by Gasteiger charge is -2.24. The maximum atomic E-state index is 9.07. The van der Waals surface area contributed by atoms with Gasteiger partial charge in [-0.3, -0.25) is 4.90 Å². The summed E-state index contributed by atoms with van der Waals surface area (Å²) >= 11 is 0. The second kappa shape index (κ2) is 5.69. The van der Waals surface area contributed by atoms with Crippen molar-refractivity contribution < 1.29 is 5.11 Å². The number of likely N-dealkylation sites (N-methyl/N-ethyl adjacent to an activating group) is 1. The van der Waals surface area contributed by atoms with Crippen LogP contribution in [0, 0.1) is 0 Å². The molecule has 0 aromatic heterocycles. The van der Waals surface area contributed by atoms with E-state index in [1.54, 1.807) is 0 Å². The maximum Gasteiger partial charge on any atom is 0.0524 e. The molecule has 1 rings (SSSR count). The van der Waals surface area contributed by atoms with E-state index in [0.717, 1.165) is 25.6 Å². The van der Waals surface area contributed by atoms with Crippen LogP contribution in [-0.4, -0.2) is 48.3 Å². The number of hydrogen-bond donors (Lipinski definition) is 2. The molecule has 2 atom stereocenters. The van der Waals surface area contributed by atoms with Crippen molar-refractivity contribution in [3.8, 4) is 0 Å². The van der Waals surface area contributed by atoms with Crippen molar-refractivity contribution in [3.63, 3.8) is 0 Å². The summed E-state index contributed by atoms with van der Waals surface area (Å²) in [4.78, 5) is 2.45. The highest BCUT2D eigenvalue weighted by Gasteiger charge is 2.28. The van der Waals surface area contributed by atoms with Crippen molar-refractivity contribution in [2.45, 2.75) is 51.3 Å². The van der Waals surface area contributed by atoms with Crippen LogP contribution in [0.3, 0.4) is 0 Å². The molecular formula is C11H24N2O. The molecule has 0 saturated heterocycles. The first-order chi connectivity index (χ1) is 6.61. The molecule has 3 heteroatoms. The number of hydrogen-bond acceptors (Lipinski definition) is 3. The summed E-state index contributed by atoms with van der Waals surface area (Å²) in [5.74, 6) is 0. The van der Waals surface area contributed by atoms with Crippen LogP contribution in [0.4, 0.5) is 0 Å². The highest BCUT2D eigenvalue weighted by Crippen LogP contribution is 2.26. The molecule has 3 nitrogen and oxygen atoms in total. The number of nitrogens with one attached hydrogen (secondary N) is 1. The Morgan fingerprint density at radius 1 is 1.43 bits per heavy atom. The first-order valence-electron chi connectivity index (χ1n) is 5.72. The Bertz CT molecular complexity index is 157. The van der Waals surface area contributed by atoms with Crippen LogP contribution in [0.5, 0.6) is 0 Å². The van der Waals surface area contributed by atoms with Crippen LogP contribution < -0.4 is 5.32 Å². The summed E-state index contributed by atoms with van der Waals surface area (Å²) < 4.78 is 0. The van der Waals surface area contributed by atoms with E-state index in [9.17, 15) is 0 Å². The Labute approximate surface area is 87.5 Å². The average molecular weight is 200 g/mol. The van der Waals surface area contributed by atoms with Crippen LogP contribution in [0.2, 0.25) is 0 Å². The fourth-order valence-corrected chi connectivity index (χ4v) is 1.61. The molecule has 0 aliphatic heterocycles. The van der Waals surface area contributed by atoms with Gasteiger partial charge in [0.1, 0.15) is 0 Å². The third-order valence-corrected chi connectivity index (χ3v) is 3.00. The van der Waals surface area contributed by atoms with E-state index in [4.69, 9.17) is 5.11 Å². The van der Waals surface area contributed by atoms with Crippen molar-refractivity contribution >= 4 is 0 Å². The molecule has 0 radical (unpaired) electrons. The molecule has 0 spiro atoms. The van der Waals surface area contributed by atoms with E-state index in [0.29, 0.717) is 6.04 Å². The minimum Gasteiger partial charge on any atom is -0.393 e. The van der Waals surface area contributed by atoms with Gasteiger partial charge in [-0.1, -0.05) is 0 Å². The maximum absolute atomic E-state index is 9.07. The highest BCUT2D eigenvalue weighted by atomic mass is 16.3. The number of rotatable bonds is 7. The topological polar surface area (TPSA) is 35.5 Å². The normalized spacial score (nSPS) is 21.2. The lowest BCUT2D eigenvalue weighted by atomic mass is 10.2. The molecule has 1 aliphatic rings.